The van der Waals surface area contributed by atoms with Crippen molar-refractivity contribution in [2.75, 3.05) is 14.2 Å². The van der Waals surface area contributed by atoms with Crippen molar-refractivity contribution >= 4 is 5.97 Å². The van der Waals surface area contributed by atoms with Crippen LogP contribution in [0, 0.1) is 5.82 Å². The van der Waals surface area contributed by atoms with Crippen molar-refractivity contribution in [2.45, 2.75) is 6.43 Å². The number of pyridine rings is 1. The predicted octanol–water partition coefficient (Wildman–Crippen LogP) is 1.95. The lowest BCUT2D eigenvalue weighted by Gasteiger charge is -2.08. The number of carbonyl (C=O) groups excluding carboxylic acids is 1. The third-order valence-electron chi connectivity index (χ3n) is 1.75. The van der Waals surface area contributed by atoms with Crippen LogP contribution in [0.2, 0.25) is 0 Å². The molecule has 0 spiro atoms. The molecule has 1 rings (SSSR count). The number of esters is 1. The zero-order valence-electron chi connectivity index (χ0n) is 8.46. The summed E-state index contributed by atoms with van der Waals surface area (Å²) in [5, 5.41) is 0. The average molecular weight is 235 g/mol. The Labute approximate surface area is 89.0 Å². The van der Waals surface area contributed by atoms with Crippen molar-refractivity contribution in [2.24, 2.45) is 0 Å². The second-order valence-electron chi connectivity index (χ2n) is 2.70. The molecule has 0 aliphatic heterocycles. The summed E-state index contributed by atoms with van der Waals surface area (Å²) in [6.45, 7) is 0. The lowest BCUT2D eigenvalue weighted by Crippen LogP contribution is -2.10. The van der Waals surface area contributed by atoms with E-state index in [0.29, 0.717) is 6.07 Å². The maximum absolute atomic E-state index is 13.3. The van der Waals surface area contributed by atoms with Gasteiger partial charge in [0.2, 0.25) is 0 Å². The Kier molecular flexibility index (Phi) is 3.70. The number of carbonyl (C=O) groups is 1. The third-order valence-corrected chi connectivity index (χ3v) is 1.75. The highest BCUT2D eigenvalue weighted by Crippen LogP contribution is 2.26. The van der Waals surface area contributed by atoms with Gasteiger partial charge >= 0.3 is 5.97 Å². The Hall–Kier alpha value is -1.79. The number of rotatable bonds is 3. The van der Waals surface area contributed by atoms with Crippen LogP contribution in [-0.2, 0) is 4.74 Å². The molecule has 0 bridgehead atoms. The Morgan fingerprint density at radius 3 is 2.50 bits per heavy atom. The molecule has 0 N–H and O–H groups in total. The van der Waals surface area contributed by atoms with E-state index >= 15 is 0 Å². The Bertz CT molecular complexity index is 409. The fraction of sp³-hybridized carbons (Fsp3) is 0.333. The summed E-state index contributed by atoms with van der Waals surface area (Å²) >= 11 is 0. The van der Waals surface area contributed by atoms with Crippen LogP contribution < -0.4 is 4.74 Å². The van der Waals surface area contributed by atoms with Gasteiger partial charge < -0.3 is 9.47 Å². The zero-order valence-corrected chi connectivity index (χ0v) is 8.46. The predicted molar refractivity (Wildman–Crippen MR) is 47.0 cm³/mol. The summed E-state index contributed by atoms with van der Waals surface area (Å²) in [5.74, 6) is -2.65. The van der Waals surface area contributed by atoms with Crippen molar-refractivity contribution in [3.63, 3.8) is 0 Å². The van der Waals surface area contributed by atoms with E-state index in [4.69, 9.17) is 0 Å². The fourth-order valence-corrected chi connectivity index (χ4v) is 1.06. The monoisotopic (exact) mass is 235 g/mol. The first kappa shape index (κ1) is 12.3. The van der Waals surface area contributed by atoms with E-state index in [1.807, 2.05) is 0 Å². The maximum atomic E-state index is 13.3. The minimum atomic E-state index is -2.98. The molecule has 1 aromatic rings. The quantitative estimate of drug-likeness (QED) is 0.751. The molecule has 0 aromatic carbocycles. The van der Waals surface area contributed by atoms with E-state index in [2.05, 4.69) is 14.5 Å². The number of hydrogen-bond acceptors (Lipinski definition) is 4. The van der Waals surface area contributed by atoms with Gasteiger partial charge in [0.05, 0.1) is 14.2 Å². The van der Waals surface area contributed by atoms with Crippen LogP contribution in [-0.4, -0.2) is 25.2 Å². The van der Waals surface area contributed by atoms with Crippen molar-refractivity contribution in [1.29, 1.82) is 0 Å². The van der Waals surface area contributed by atoms with Crippen molar-refractivity contribution in [3.05, 3.63) is 23.3 Å². The number of nitrogens with zero attached hydrogens (tertiary/aromatic N) is 1. The number of halogens is 3. The second-order valence-corrected chi connectivity index (χ2v) is 2.70. The van der Waals surface area contributed by atoms with Crippen LogP contribution in [0.1, 0.15) is 22.6 Å². The van der Waals surface area contributed by atoms with Crippen molar-refractivity contribution < 1.29 is 27.4 Å². The number of aromatic nitrogens is 1. The summed E-state index contributed by atoms with van der Waals surface area (Å²) in [6, 6.07) is 0.510. The molecule has 1 aromatic heterocycles. The van der Waals surface area contributed by atoms with E-state index in [1.165, 1.54) is 0 Å². The highest BCUT2D eigenvalue weighted by molar-refractivity contribution is 5.90. The summed E-state index contributed by atoms with van der Waals surface area (Å²) < 4.78 is 46.7. The molecule has 0 atom stereocenters. The maximum Gasteiger partial charge on any atom is 0.360 e. The molecule has 0 fully saturated rings. The first-order chi connectivity index (χ1) is 7.51. The van der Waals surface area contributed by atoms with Gasteiger partial charge in [0.15, 0.2) is 17.3 Å². The second kappa shape index (κ2) is 4.82. The van der Waals surface area contributed by atoms with Crippen LogP contribution in [0.4, 0.5) is 13.2 Å². The SMILES string of the molecule is COC(=O)c1nc(C(F)F)cc(F)c1OC. The fourth-order valence-electron chi connectivity index (χ4n) is 1.06. The van der Waals surface area contributed by atoms with Crippen LogP contribution in [0.15, 0.2) is 6.07 Å². The molecule has 0 radical (unpaired) electrons. The Balaban J connectivity index is 3.36. The van der Waals surface area contributed by atoms with Crippen LogP contribution in [0.5, 0.6) is 5.75 Å². The number of ether oxygens (including phenoxy) is 2. The lowest BCUT2D eigenvalue weighted by atomic mass is 10.2. The molecule has 7 heteroatoms. The van der Waals surface area contributed by atoms with E-state index in [0.717, 1.165) is 14.2 Å². The minimum Gasteiger partial charge on any atom is -0.491 e. The Morgan fingerprint density at radius 2 is 2.06 bits per heavy atom. The molecule has 4 nitrogen and oxygen atoms in total. The van der Waals surface area contributed by atoms with Gasteiger partial charge in [-0.15, -0.1) is 0 Å². The van der Waals surface area contributed by atoms with Crippen LogP contribution in [0.25, 0.3) is 0 Å². The first-order valence-corrected chi connectivity index (χ1v) is 4.12. The molecule has 0 amide bonds. The number of alkyl halides is 2. The van der Waals surface area contributed by atoms with E-state index < -0.39 is 35.3 Å². The van der Waals surface area contributed by atoms with Crippen LogP contribution in [0.3, 0.4) is 0 Å². The Morgan fingerprint density at radius 1 is 1.44 bits per heavy atom. The largest absolute Gasteiger partial charge is 0.491 e. The van der Waals surface area contributed by atoms with Gasteiger partial charge in [0, 0.05) is 6.07 Å². The topological polar surface area (TPSA) is 48.4 Å². The number of hydrogen-bond donors (Lipinski definition) is 0. The molecular weight excluding hydrogens is 227 g/mol. The van der Waals surface area contributed by atoms with E-state index in [9.17, 15) is 18.0 Å². The van der Waals surface area contributed by atoms with Gasteiger partial charge in [-0.2, -0.15) is 0 Å². The molecule has 0 saturated carbocycles. The highest BCUT2D eigenvalue weighted by atomic mass is 19.3. The smallest absolute Gasteiger partial charge is 0.360 e. The molecule has 0 aliphatic rings. The molecule has 88 valence electrons. The average Bonchev–Trinajstić information content (AvgIpc) is 2.26. The molecule has 0 aliphatic carbocycles. The molecule has 0 unspecified atom stereocenters. The molecule has 0 saturated heterocycles. The third kappa shape index (κ3) is 2.23. The van der Waals surface area contributed by atoms with E-state index in [-0.39, 0.29) is 0 Å². The first-order valence-electron chi connectivity index (χ1n) is 4.12. The van der Waals surface area contributed by atoms with Gasteiger partial charge in [-0.25, -0.2) is 22.9 Å². The summed E-state index contributed by atoms with van der Waals surface area (Å²) in [7, 11) is 2.12. The summed E-state index contributed by atoms with van der Waals surface area (Å²) in [4.78, 5) is 14.4. The zero-order chi connectivity index (χ0) is 12.3. The van der Waals surface area contributed by atoms with Crippen LogP contribution >= 0.6 is 0 Å². The highest BCUT2D eigenvalue weighted by Gasteiger charge is 2.23. The van der Waals surface area contributed by atoms with Crippen molar-refractivity contribution in [3.8, 4) is 5.75 Å². The lowest BCUT2D eigenvalue weighted by molar-refractivity contribution is 0.0586. The van der Waals surface area contributed by atoms with Gasteiger partial charge in [-0.3, -0.25) is 0 Å². The standard InChI is InChI=1S/C9H8F3NO3/c1-15-7-4(10)3-5(8(11)12)13-6(7)9(14)16-2/h3,8H,1-2H3. The molecule has 1 heterocycles. The molecular formula is C9H8F3NO3. The summed E-state index contributed by atoms with van der Waals surface area (Å²) in [5.41, 5.74) is -1.46. The van der Waals surface area contributed by atoms with Gasteiger partial charge in [0.1, 0.15) is 5.69 Å². The molecule has 16 heavy (non-hydrogen) atoms. The van der Waals surface area contributed by atoms with E-state index in [1.54, 1.807) is 0 Å². The minimum absolute atomic E-state index is 0.510. The normalized spacial score (nSPS) is 10.4. The van der Waals surface area contributed by atoms with Gasteiger partial charge in [-0.05, 0) is 0 Å². The van der Waals surface area contributed by atoms with Gasteiger partial charge in [-0.1, -0.05) is 0 Å². The van der Waals surface area contributed by atoms with Gasteiger partial charge in [0.25, 0.3) is 6.43 Å². The number of methoxy groups -OCH3 is 2. The van der Waals surface area contributed by atoms with Crippen molar-refractivity contribution in [1.82, 2.24) is 4.98 Å². The summed E-state index contributed by atoms with van der Waals surface area (Å²) in [6.07, 6.45) is -2.98.